The normalized spacial score (nSPS) is 15.9. The van der Waals surface area contributed by atoms with E-state index in [-0.39, 0.29) is 0 Å². The van der Waals surface area contributed by atoms with Gasteiger partial charge in [-0.15, -0.1) is 0 Å². The van der Waals surface area contributed by atoms with E-state index in [0.717, 1.165) is 43.2 Å². The summed E-state index contributed by atoms with van der Waals surface area (Å²) in [6.45, 7) is 3.18. The number of benzene rings is 2. The molecule has 5 rings (SSSR count). The molecule has 3 heterocycles. The van der Waals surface area contributed by atoms with Crippen LogP contribution in [0.2, 0.25) is 0 Å². The quantitative estimate of drug-likeness (QED) is 0.728. The summed E-state index contributed by atoms with van der Waals surface area (Å²) in [5.74, 6) is 1.69. The highest BCUT2D eigenvalue weighted by Crippen LogP contribution is 2.34. The second kappa shape index (κ2) is 6.18. The van der Waals surface area contributed by atoms with Crippen molar-refractivity contribution in [2.45, 2.75) is 19.5 Å². The maximum absolute atomic E-state index is 5.51. The monoisotopic (exact) mass is 347 g/mol. The first kappa shape index (κ1) is 15.5. The molecule has 0 saturated carbocycles. The molecule has 0 atom stereocenters. The topological polar surface area (TPSA) is 39.5 Å². The lowest BCUT2D eigenvalue weighted by atomic mass is 10.0. The third-order valence-electron chi connectivity index (χ3n) is 5.21. The molecule has 26 heavy (non-hydrogen) atoms. The predicted molar refractivity (Wildman–Crippen MR) is 99.0 cm³/mol. The summed E-state index contributed by atoms with van der Waals surface area (Å²) in [6.07, 6.45) is 1.02. The first-order valence-electron chi connectivity index (χ1n) is 8.99. The van der Waals surface area contributed by atoms with Crippen LogP contribution in [0.4, 0.5) is 0 Å². The van der Waals surface area contributed by atoms with E-state index in [1.807, 2.05) is 12.1 Å². The first-order valence-corrected chi connectivity index (χ1v) is 8.99. The second-order valence-electron chi connectivity index (χ2n) is 6.91. The van der Waals surface area contributed by atoms with Crippen LogP contribution in [0.1, 0.15) is 16.8 Å². The van der Waals surface area contributed by atoms with Gasteiger partial charge < -0.3 is 9.47 Å². The molecule has 0 N–H and O–H groups in total. The third-order valence-corrected chi connectivity index (χ3v) is 5.21. The van der Waals surface area contributed by atoms with Crippen LogP contribution in [0.15, 0.2) is 48.5 Å². The number of hydrogen-bond acceptors (Lipinski definition) is 4. The van der Waals surface area contributed by atoms with Gasteiger partial charge in [0.05, 0.1) is 5.69 Å². The molecule has 5 heteroatoms. The molecule has 1 aromatic heterocycles. The fourth-order valence-corrected chi connectivity index (χ4v) is 3.91. The Morgan fingerprint density at radius 3 is 2.77 bits per heavy atom. The minimum atomic E-state index is 0.321. The largest absolute Gasteiger partial charge is 0.454 e. The minimum Gasteiger partial charge on any atom is -0.454 e. The smallest absolute Gasteiger partial charge is 0.231 e. The highest BCUT2D eigenvalue weighted by molar-refractivity contribution is 5.64. The molecule has 2 aromatic carbocycles. The van der Waals surface area contributed by atoms with Crippen molar-refractivity contribution in [3.8, 4) is 22.8 Å². The Morgan fingerprint density at radius 1 is 1.04 bits per heavy atom. The Kier molecular flexibility index (Phi) is 3.68. The molecule has 132 valence electrons. The van der Waals surface area contributed by atoms with Crippen LogP contribution in [0.25, 0.3) is 11.3 Å². The molecular weight excluding hydrogens is 326 g/mol. The summed E-state index contributed by atoms with van der Waals surface area (Å²) in [4.78, 5) is 2.48. The van der Waals surface area contributed by atoms with Crippen LogP contribution < -0.4 is 9.47 Å². The molecule has 5 nitrogen and oxygen atoms in total. The van der Waals surface area contributed by atoms with Crippen molar-refractivity contribution in [1.29, 1.82) is 0 Å². The third kappa shape index (κ3) is 2.65. The lowest BCUT2D eigenvalue weighted by Gasteiger charge is -2.27. The fourth-order valence-electron chi connectivity index (χ4n) is 3.91. The first-order chi connectivity index (χ1) is 12.8. The van der Waals surface area contributed by atoms with Gasteiger partial charge in [0.25, 0.3) is 0 Å². The number of rotatable bonds is 3. The number of aromatic nitrogens is 2. The van der Waals surface area contributed by atoms with Crippen molar-refractivity contribution in [1.82, 2.24) is 14.7 Å². The number of hydrogen-bond donors (Lipinski definition) is 0. The summed E-state index contributed by atoms with van der Waals surface area (Å²) in [5, 5.41) is 4.80. The number of aryl methyl sites for hydroxylation is 1. The van der Waals surface area contributed by atoms with Crippen molar-refractivity contribution >= 4 is 0 Å². The average molecular weight is 347 g/mol. The summed E-state index contributed by atoms with van der Waals surface area (Å²) in [7, 11) is 2.05. The Morgan fingerprint density at radius 2 is 1.88 bits per heavy atom. The predicted octanol–water partition coefficient (Wildman–Crippen LogP) is 3.37. The molecule has 0 saturated heterocycles. The highest BCUT2D eigenvalue weighted by Gasteiger charge is 2.25. The molecule has 0 fully saturated rings. The second-order valence-corrected chi connectivity index (χ2v) is 6.91. The van der Waals surface area contributed by atoms with Crippen LogP contribution >= 0.6 is 0 Å². The summed E-state index contributed by atoms with van der Waals surface area (Å²) < 4.78 is 13.0. The van der Waals surface area contributed by atoms with E-state index < -0.39 is 0 Å². The van der Waals surface area contributed by atoms with E-state index in [9.17, 15) is 0 Å². The molecule has 0 amide bonds. The van der Waals surface area contributed by atoms with Gasteiger partial charge in [0, 0.05) is 49.9 Å². The molecule has 2 aliphatic heterocycles. The van der Waals surface area contributed by atoms with Crippen LogP contribution in [-0.4, -0.2) is 28.0 Å². The lowest BCUT2D eigenvalue weighted by Crippen LogP contribution is -2.30. The minimum absolute atomic E-state index is 0.321. The van der Waals surface area contributed by atoms with E-state index in [2.05, 4.69) is 53.0 Å². The molecule has 0 aliphatic carbocycles. The van der Waals surface area contributed by atoms with Gasteiger partial charge in [0.15, 0.2) is 11.5 Å². The van der Waals surface area contributed by atoms with Crippen molar-refractivity contribution in [3.05, 3.63) is 65.4 Å². The van der Waals surface area contributed by atoms with E-state index >= 15 is 0 Å². The Labute approximate surface area is 152 Å². The lowest BCUT2D eigenvalue weighted by molar-refractivity contribution is 0.174. The van der Waals surface area contributed by atoms with Gasteiger partial charge in [-0.25, -0.2) is 0 Å². The van der Waals surface area contributed by atoms with Crippen molar-refractivity contribution in [2.24, 2.45) is 7.05 Å². The molecular formula is C21H21N3O2. The van der Waals surface area contributed by atoms with Gasteiger partial charge in [-0.2, -0.15) is 5.10 Å². The molecule has 0 unspecified atom stereocenters. The molecule has 0 bridgehead atoms. The highest BCUT2D eigenvalue weighted by atomic mass is 16.7. The zero-order chi connectivity index (χ0) is 17.5. The molecule has 2 aliphatic rings. The van der Waals surface area contributed by atoms with Gasteiger partial charge in [-0.3, -0.25) is 9.58 Å². The van der Waals surface area contributed by atoms with Crippen molar-refractivity contribution in [3.63, 3.8) is 0 Å². The molecule has 0 radical (unpaired) electrons. The van der Waals surface area contributed by atoms with Gasteiger partial charge >= 0.3 is 0 Å². The number of ether oxygens (including phenoxy) is 2. The number of nitrogens with zero attached hydrogens (tertiary/aromatic N) is 3. The van der Waals surface area contributed by atoms with Gasteiger partial charge in [-0.05, 0) is 17.7 Å². The van der Waals surface area contributed by atoms with Crippen LogP contribution in [0, 0.1) is 0 Å². The number of fused-ring (bicyclic) bond motifs is 2. The van der Waals surface area contributed by atoms with Gasteiger partial charge in [-0.1, -0.05) is 36.4 Å². The SMILES string of the molecule is Cn1nc(-c2ccccc2)c2c1CCN(Cc1ccc3c(c1)OCO3)C2. The van der Waals surface area contributed by atoms with Crippen LogP contribution in [-0.2, 0) is 26.6 Å². The molecule has 0 spiro atoms. The Bertz CT molecular complexity index is 949. The van der Waals surface area contributed by atoms with Gasteiger partial charge in [0.2, 0.25) is 6.79 Å². The maximum Gasteiger partial charge on any atom is 0.231 e. The van der Waals surface area contributed by atoms with E-state index in [4.69, 9.17) is 14.6 Å². The van der Waals surface area contributed by atoms with Crippen molar-refractivity contribution in [2.75, 3.05) is 13.3 Å². The van der Waals surface area contributed by atoms with Crippen LogP contribution in [0.5, 0.6) is 11.5 Å². The van der Waals surface area contributed by atoms with Gasteiger partial charge in [0.1, 0.15) is 0 Å². The zero-order valence-electron chi connectivity index (χ0n) is 14.8. The zero-order valence-corrected chi connectivity index (χ0v) is 14.8. The van der Waals surface area contributed by atoms with E-state index in [1.165, 1.54) is 22.4 Å². The summed E-state index contributed by atoms with van der Waals surface area (Å²) >= 11 is 0. The Hall–Kier alpha value is -2.79. The Balaban J connectivity index is 1.41. The maximum atomic E-state index is 5.51. The standard InChI is InChI=1S/C21H21N3O2/c1-23-18-9-10-24(12-15-7-8-19-20(11-15)26-14-25-19)13-17(18)21(22-23)16-5-3-2-4-6-16/h2-8,11H,9-10,12-14H2,1H3. The van der Waals surface area contributed by atoms with Crippen molar-refractivity contribution < 1.29 is 9.47 Å². The molecule has 3 aromatic rings. The van der Waals surface area contributed by atoms with E-state index in [1.54, 1.807) is 0 Å². The average Bonchev–Trinajstić information content (AvgIpc) is 3.26. The van der Waals surface area contributed by atoms with Crippen LogP contribution in [0.3, 0.4) is 0 Å². The van der Waals surface area contributed by atoms with E-state index in [0.29, 0.717) is 6.79 Å². The summed E-state index contributed by atoms with van der Waals surface area (Å²) in [5.41, 5.74) is 6.26. The summed E-state index contributed by atoms with van der Waals surface area (Å²) in [6, 6.07) is 16.7. The fraction of sp³-hybridized carbons (Fsp3) is 0.286.